The van der Waals surface area contributed by atoms with Crippen molar-refractivity contribution in [3.63, 3.8) is 0 Å². The molecular formula is C17H21NO. The van der Waals surface area contributed by atoms with Gasteiger partial charge in [-0.25, -0.2) is 0 Å². The molecule has 2 heteroatoms. The van der Waals surface area contributed by atoms with Gasteiger partial charge < -0.3 is 10.2 Å². The lowest BCUT2D eigenvalue weighted by Gasteiger charge is -2.32. The van der Waals surface area contributed by atoms with Gasteiger partial charge in [0, 0.05) is 11.4 Å². The quantitative estimate of drug-likeness (QED) is 0.826. The van der Waals surface area contributed by atoms with Crippen LogP contribution in [0.15, 0.2) is 34.8 Å². The van der Waals surface area contributed by atoms with Crippen LogP contribution in [0, 0.1) is 12.3 Å². The van der Waals surface area contributed by atoms with Crippen molar-refractivity contribution in [3.8, 4) is 0 Å². The van der Waals surface area contributed by atoms with Gasteiger partial charge in [0.05, 0.1) is 0 Å². The van der Waals surface area contributed by atoms with E-state index in [1.165, 1.54) is 16.5 Å². The summed E-state index contributed by atoms with van der Waals surface area (Å²) in [6.07, 6.45) is 4.23. The Morgan fingerprint density at radius 2 is 2.11 bits per heavy atom. The predicted octanol–water partition coefficient (Wildman–Crippen LogP) is 4.27. The van der Waals surface area contributed by atoms with Crippen LogP contribution in [0.1, 0.15) is 38.0 Å². The third-order valence-corrected chi connectivity index (χ3v) is 3.93. The first-order chi connectivity index (χ1) is 8.94. The molecule has 2 nitrogen and oxygen atoms in total. The zero-order valence-electron chi connectivity index (χ0n) is 11.9. The standard InChI is InChI=1S/C17H21NO/c1-11-5-4-6-12-8-15(19-16(11)12)13-7-14(18)10-17(2,3)9-13/h4-8,14H,9-10,18H2,1-3H3. The van der Waals surface area contributed by atoms with Crippen molar-refractivity contribution in [3.05, 3.63) is 41.7 Å². The minimum Gasteiger partial charge on any atom is -0.456 e. The smallest absolute Gasteiger partial charge is 0.137 e. The van der Waals surface area contributed by atoms with E-state index in [9.17, 15) is 0 Å². The van der Waals surface area contributed by atoms with Crippen molar-refractivity contribution in [2.75, 3.05) is 0 Å². The van der Waals surface area contributed by atoms with Crippen molar-refractivity contribution >= 4 is 16.5 Å². The number of nitrogens with two attached hydrogens (primary N) is 1. The Bertz CT molecular complexity index is 648. The van der Waals surface area contributed by atoms with Crippen LogP contribution >= 0.6 is 0 Å². The van der Waals surface area contributed by atoms with Crippen molar-refractivity contribution in [2.45, 2.75) is 39.7 Å². The number of hydrogen-bond donors (Lipinski definition) is 1. The van der Waals surface area contributed by atoms with E-state index in [2.05, 4.69) is 51.1 Å². The second-order valence-corrected chi connectivity index (χ2v) is 6.50. The highest BCUT2D eigenvalue weighted by Gasteiger charge is 2.28. The molecule has 0 spiro atoms. The summed E-state index contributed by atoms with van der Waals surface area (Å²) < 4.78 is 6.06. The normalized spacial score (nSPS) is 22.5. The molecule has 2 N–H and O–H groups in total. The molecule has 1 heterocycles. The first-order valence-electron chi connectivity index (χ1n) is 6.90. The molecule has 0 saturated carbocycles. The first-order valence-corrected chi connectivity index (χ1v) is 6.90. The lowest BCUT2D eigenvalue weighted by Crippen LogP contribution is -2.30. The zero-order chi connectivity index (χ0) is 13.6. The molecule has 0 amide bonds. The number of benzene rings is 1. The van der Waals surface area contributed by atoms with Gasteiger partial charge in [0.2, 0.25) is 0 Å². The lowest BCUT2D eigenvalue weighted by molar-refractivity contribution is 0.316. The van der Waals surface area contributed by atoms with Gasteiger partial charge in [-0.2, -0.15) is 0 Å². The van der Waals surface area contributed by atoms with Gasteiger partial charge in [-0.3, -0.25) is 0 Å². The van der Waals surface area contributed by atoms with Crippen LogP contribution in [0.3, 0.4) is 0 Å². The maximum Gasteiger partial charge on any atom is 0.137 e. The van der Waals surface area contributed by atoms with E-state index in [4.69, 9.17) is 10.2 Å². The van der Waals surface area contributed by atoms with Gasteiger partial charge in [-0.05, 0) is 42.4 Å². The Morgan fingerprint density at radius 1 is 1.32 bits per heavy atom. The molecule has 19 heavy (non-hydrogen) atoms. The van der Waals surface area contributed by atoms with Crippen molar-refractivity contribution < 1.29 is 4.42 Å². The Kier molecular flexibility index (Phi) is 2.79. The van der Waals surface area contributed by atoms with Gasteiger partial charge in [0.25, 0.3) is 0 Å². The molecule has 1 aliphatic carbocycles. The van der Waals surface area contributed by atoms with Gasteiger partial charge in [-0.15, -0.1) is 0 Å². The molecule has 0 bridgehead atoms. The van der Waals surface area contributed by atoms with E-state index in [-0.39, 0.29) is 11.5 Å². The van der Waals surface area contributed by atoms with Crippen LogP contribution in [0.25, 0.3) is 16.5 Å². The average Bonchev–Trinajstić information content (AvgIpc) is 2.71. The summed E-state index contributed by atoms with van der Waals surface area (Å²) >= 11 is 0. The highest BCUT2D eigenvalue weighted by molar-refractivity contribution is 5.84. The molecule has 1 aliphatic rings. The van der Waals surface area contributed by atoms with Crippen LogP contribution in [-0.4, -0.2) is 6.04 Å². The molecule has 1 aromatic heterocycles. The lowest BCUT2D eigenvalue weighted by atomic mass is 9.75. The number of para-hydroxylation sites is 1. The topological polar surface area (TPSA) is 39.2 Å². The monoisotopic (exact) mass is 255 g/mol. The van der Waals surface area contributed by atoms with Crippen LogP contribution in [-0.2, 0) is 0 Å². The summed E-state index contributed by atoms with van der Waals surface area (Å²) in [4.78, 5) is 0. The van der Waals surface area contributed by atoms with Crippen LogP contribution in [0.5, 0.6) is 0 Å². The largest absolute Gasteiger partial charge is 0.456 e. The second-order valence-electron chi connectivity index (χ2n) is 6.50. The Balaban J connectivity index is 2.07. The van der Waals surface area contributed by atoms with Gasteiger partial charge in [0.1, 0.15) is 11.3 Å². The number of hydrogen-bond acceptors (Lipinski definition) is 2. The Hall–Kier alpha value is -1.54. The molecule has 0 saturated heterocycles. The van der Waals surface area contributed by atoms with Crippen LogP contribution in [0.2, 0.25) is 0 Å². The SMILES string of the molecule is Cc1cccc2cc(C3=CC(N)CC(C)(C)C3)oc12. The summed E-state index contributed by atoms with van der Waals surface area (Å²) in [6.45, 7) is 6.63. The number of fused-ring (bicyclic) bond motifs is 1. The van der Waals surface area contributed by atoms with Gasteiger partial charge >= 0.3 is 0 Å². The average molecular weight is 255 g/mol. The van der Waals surface area contributed by atoms with E-state index < -0.39 is 0 Å². The molecule has 1 aromatic carbocycles. The summed E-state index contributed by atoms with van der Waals surface area (Å²) in [5.74, 6) is 0.979. The van der Waals surface area contributed by atoms with E-state index in [0.29, 0.717) is 0 Å². The fourth-order valence-corrected chi connectivity index (χ4v) is 3.14. The summed E-state index contributed by atoms with van der Waals surface area (Å²) in [6, 6.07) is 8.53. The minimum atomic E-state index is 0.132. The van der Waals surface area contributed by atoms with Gasteiger partial charge in [0.15, 0.2) is 0 Å². The predicted molar refractivity (Wildman–Crippen MR) is 79.9 cm³/mol. The highest BCUT2D eigenvalue weighted by Crippen LogP contribution is 2.40. The van der Waals surface area contributed by atoms with E-state index in [1.807, 2.05) is 0 Å². The molecule has 1 unspecified atom stereocenters. The number of aryl methyl sites for hydroxylation is 1. The summed E-state index contributed by atoms with van der Waals surface area (Å²) in [5, 5.41) is 1.17. The molecule has 0 fully saturated rings. The molecule has 100 valence electrons. The van der Waals surface area contributed by atoms with Crippen LogP contribution in [0.4, 0.5) is 0 Å². The Labute approximate surface area is 114 Å². The molecule has 2 aromatic rings. The number of allylic oxidation sites excluding steroid dienone is 1. The summed E-state index contributed by atoms with van der Waals surface area (Å²) in [5.41, 5.74) is 9.82. The highest BCUT2D eigenvalue weighted by atomic mass is 16.3. The van der Waals surface area contributed by atoms with Crippen LogP contribution < -0.4 is 5.73 Å². The van der Waals surface area contributed by atoms with Gasteiger partial charge in [-0.1, -0.05) is 38.1 Å². The summed E-state index contributed by atoms with van der Waals surface area (Å²) in [7, 11) is 0. The maximum absolute atomic E-state index is 6.14. The van der Waals surface area contributed by atoms with E-state index in [0.717, 1.165) is 24.2 Å². The number of rotatable bonds is 1. The van der Waals surface area contributed by atoms with Crippen molar-refractivity contribution in [2.24, 2.45) is 11.1 Å². The fourth-order valence-electron chi connectivity index (χ4n) is 3.14. The van der Waals surface area contributed by atoms with E-state index in [1.54, 1.807) is 0 Å². The minimum absolute atomic E-state index is 0.132. The number of furan rings is 1. The molecular weight excluding hydrogens is 234 g/mol. The maximum atomic E-state index is 6.14. The third-order valence-electron chi connectivity index (χ3n) is 3.93. The molecule has 3 rings (SSSR count). The Morgan fingerprint density at radius 3 is 2.79 bits per heavy atom. The molecule has 0 radical (unpaired) electrons. The van der Waals surface area contributed by atoms with E-state index >= 15 is 0 Å². The third kappa shape index (κ3) is 2.33. The fraction of sp³-hybridized carbons (Fsp3) is 0.412. The van der Waals surface area contributed by atoms with Crippen molar-refractivity contribution in [1.29, 1.82) is 0 Å². The molecule has 1 atom stereocenters. The second kappa shape index (κ2) is 4.24. The zero-order valence-corrected chi connectivity index (χ0v) is 11.9. The molecule has 0 aliphatic heterocycles. The first kappa shape index (κ1) is 12.5. The van der Waals surface area contributed by atoms with Crippen molar-refractivity contribution in [1.82, 2.24) is 0 Å².